The summed E-state index contributed by atoms with van der Waals surface area (Å²) in [5.74, 6) is 2.09. The Morgan fingerprint density at radius 1 is 1.04 bits per heavy atom. The van der Waals surface area contributed by atoms with Gasteiger partial charge in [0, 0.05) is 29.1 Å². The Hall–Kier alpha value is -3.61. The van der Waals surface area contributed by atoms with Crippen molar-refractivity contribution in [3.05, 3.63) is 58.1 Å². The molecule has 0 bridgehead atoms. The van der Waals surface area contributed by atoms with E-state index in [-0.39, 0.29) is 5.75 Å². The van der Waals surface area contributed by atoms with E-state index >= 15 is 0 Å². The van der Waals surface area contributed by atoms with Gasteiger partial charge in [-0.2, -0.15) is 0 Å². The van der Waals surface area contributed by atoms with Crippen molar-refractivity contribution >= 4 is 17.0 Å². The number of benzene rings is 2. The summed E-state index contributed by atoms with van der Waals surface area (Å²) >= 11 is 0. The number of hydrogen-bond acceptors (Lipinski definition) is 7. The number of hydrogen-bond donors (Lipinski definition) is 1. The summed E-state index contributed by atoms with van der Waals surface area (Å²) in [5.41, 5.74) is 0.654. The van der Waals surface area contributed by atoms with Crippen molar-refractivity contribution in [3.63, 3.8) is 0 Å². The van der Waals surface area contributed by atoms with Crippen LogP contribution in [0.2, 0.25) is 0 Å². The summed E-state index contributed by atoms with van der Waals surface area (Å²) in [7, 11) is 1.47. The van der Waals surface area contributed by atoms with Crippen molar-refractivity contribution in [2.45, 2.75) is 6.29 Å². The molecule has 1 aromatic heterocycles. The first kappa shape index (κ1) is 14.7. The van der Waals surface area contributed by atoms with Gasteiger partial charge < -0.3 is 28.5 Å². The Balaban J connectivity index is 1.60. The third kappa shape index (κ3) is 2.17. The SMILES string of the molecule is COc1cc2c(cc1O)OC1Oc3cc4ccc(=O)oc4cc3OC1=C2. The lowest BCUT2D eigenvalue weighted by Crippen LogP contribution is -2.34. The van der Waals surface area contributed by atoms with Crippen LogP contribution in [0.5, 0.6) is 28.7 Å². The van der Waals surface area contributed by atoms with Crippen LogP contribution < -0.4 is 24.6 Å². The fourth-order valence-corrected chi connectivity index (χ4v) is 2.99. The average molecular weight is 352 g/mol. The molecule has 0 spiro atoms. The van der Waals surface area contributed by atoms with Crippen LogP contribution in [0.25, 0.3) is 17.0 Å². The van der Waals surface area contributed by atoms with Crippen LogP contribution in [0.4, 0.5) is 0 Å². The van der Waals surface area contributed by atoms with E-state index in [4.69, 9.17) is 23.4 Å². The molecule has 0 saturated heterocycles. The maximum Gasteiger partial charge on any atom is 0.336 e. The van der Waals surface area contributed by atoms with Gasteiger partial charge in [0.05, 0.1) is 7.11 Å². The van der Waals surface area contributed by atoms with Gasteiger partial charge >= 0.3 is 5.63 Å². The minimum absolute atomic E-state index is 0.0266. The minimum Gasteiger partial charge on any atom is -0.504 e. The molecule has 0 radical (unpaired) electrons. The fourth-order valence-electron chi connectivity index (χ4n) is 2.99. The smallest absolute Gasteiger partial charge is 0.336 e. The Morgan fingerprint density at radius 3 is 2.73 bits per heavy atom. The molecule has 0 fully saturated rings. The molecule has 0 saturated carbocycles. The summed E-state index contributed by atoms with van der Waals surface area (Å²) in [4.78, 5) is 11.4. The van der Waals surface area contributed by atoms with Crippen molar-refractivity contribution < 1.29 is 28.5 Å². The fraction of sp³-hybridized carbons (Fsp3) is 0.105. The summed E-state index contributed by atoms with van der Waals surface area (Å²) in [5, 5.41) is 10.6. The molecule has 2 aliphatic rings. The second-order valence-corrected chi connectivity index (χ2v) is 5.87. The van der Waals surface area contributed by atoms with Crippen molar-refractivity contribution in [1.82, 2.24) is 0 Å². The highest BCUT2D eigenvalue weighted by atomic mass is 16.7. The van der Waals surface area contributed by atoms with E-state index in [1.165, 1.54) is 19.2 Å². The molecule has 7 nitrogen and oxygen atoms in total. The molecule has 0 aliphatic carbocycles. The monoisotopic (exact) mass is 352 g/mol. The molecule has 2 aliphatic heterocycles. The first-order chi connectivity index (χ1) is 12.6. The van der Waals surface area contributed by atoms with Crippen molar-refractivity contribution in [2.75, 3.05) is 7.11 Å². The standard InChI is InChI=1S/C19H12O7/c1-22-14-5-10-6-17-19(25-12(10)7-11(14)20)26-15-4-9-2-3-18(21)24-13(9)8-16(15)23-17/h2-8,19-20H,1H3. The largest absolute Gasteiger partial charge is 0.504 e. The van der Waals surface area contributed by atoms with Crippen LogP contribution in [0.3, 0.4) is 0 Å². The number of fused-ring (bicyclic) bond motifs is 4. The summed E-state index contributed by atoms with van der Waals surface area (Å²) in [6, 6.07) is 9.43. The zero-order valence-corrected chi connectivity index (χ0v) is 13.5. The second-order valence-electron chi connectivity index (χ2n) is 5.87. The minimum atomic E-state index is -0.782. The molecule has 3 aromatic rings. The number of phenolic OH excluding ortho intramolecular Hbond substituents is 1. The highest BCUT2D eigenvalue weighted by molar-refractivity contribution is 5.81. The van der Waals surface area contributed by atoms with E-state index in [0.717, 1.165) is 0 Å². The van der Waals surface area contributed by atoms with Crippen LogP contribution in [0.1, 0.15) is 5.56 Å². The predicted molar refractivity (Wildman–Crippen MR) is 90.8 cm³/mol. The highest BCUT2D eigenvalue weighted by Crippen LogP contribution is 2.44. The van der Waals surface area contributed by atoms with Crippen LogP contribution in [0, 0.1) is 0 Å². The van der Waals surface area contributed by atoms with E-state index in [9.17, 15) is 9.90 Å². The third-order valence-corrected chi connectivity index (χ3v) is 4.22. The van der Waals surface area contributed by atoms with Gasteiger partial charge in [0.15, 0.2) is 28.8 Å². The van der Waals surface area contributed by atoms with Crippen molar-refractivity contribution in [3.8, 4) is 28.7 Å². The van der Waals surface area contributed by atoms with Gasteiger partial charge in [-0.05, 0) is 24.3 Å². The Morgan fingerprint density at radius 2 is 1.88 bits per heavy atom. The first-order valence-electron chi connectivity index (χ1n) is 7.82. The summed E-state index contributed by atoms with van der Waals surface area (Å²) in [6.07, 6.45) is 0.968. The number of methoxy groups -OCH3 is 1. The topological polar surface area (TPSA) is 87.4 Å². The summed E-state index contributed by atoms with van der Waals surface area (Å²) in [6.45, 7) is 0. The molecule has 1 N–H and O–H groups in total. The first-order valence-corrected chi connectivity index (χ1v) is 7.82. The lowest BCUT2D eigenvalue weighted by molar-refractivity contribution is -0.0102. The molecule has 2 aromatic carbocycles. The van der Waals surface area contributed by atoms with E-state index in [0.29, 0.717) is 45.3 Å². The highest BCUT2D eigenvalue weighted by Gasteiger charge is 2.33. The van der Waals surface area contributed by atoms with Gasteiger partial charge in [-0.25, -0.2) is 4.79 Å². The molecule has 7 heteroatoms. The zero-order chi connectivity index (χ0) is 17.8. The molecular formula is C19H12O7. The Labute approximate surface area is 146 Å². The average Bonchev–Trinajstić information content (AvgIpc) is 2.62. The van der Waals surface area contributed by atoms with E-state index in [1.807, 2.05) is 0 Å². The molecule has 5 rings (SSSR count). The number of phenols is 1. The molecule has 130 valence electrons. The van der Waals surface area contributed by atoms with Gasteiger partial charge in [0.25, 0.3) is 6.29 Å². The van der Waals surface area contributed by atoms with E-state index in [1.54, 1.807) is 30.3 Å². The van der Waals surface area contributed by atoms with Gasteiger partial charge in [0.2, 0.25) is 0 Å². The maximum atomic E-state index is 11.4. The van der Waals surface area contributed by atoms with Crippen LogP contribution >= 0.6 is 0 Å². The molecular weight excluding hydrogens is 340 g/mol. The number of ether oxygens (including phenoxy) is 4. The molecule has 1 atom stereocenters. The molecule has 1 unspecified atom stereocenters. The van der Waals surface area contributed by atoms with E-state index in [2.05, 4.69) is 0 Å². The molecule has 3 heterocycles. The maximum absolute atomic E-state index is 11.4. The summed E-state index contributed by atoms with van der Waals surface area (Å²) < 4.78 is 27.9. The Bertz CT molecular complexity index is 1140. The Kier molecular flexibility index (Phi) is 2.94. The van der Waals surface area contributed by atoms with Crippen LogP contribution in [-0.4, -0.2) is 18.5 Å². The molecule has 26 heavy (non-hydrogen) atoms. The zero-order valence-electron chi connectivity index (χ0n) is 13.5. The quantitative estimate of drug-likeness (QED) is 0.674. The number of rotatable bonds is 1. The normalized spacial score (nSPS) is 17.0. The lowest BCUT2D eigenvalue weighted by atomic mass is 10.1. The van der Waals surface area contributed by atoms with Crippen LogP contribution in [0.15, 0.2) is 51.4 Å². The van der Waals surface area contributed by atoms with Gasteiger partial charge in [0.1, 0.15) is 11.3 Å². The second kappa shape index (κ2) is 5.19. The third-order valence-electron chi connectivity index (χ3n) is 4.22. The van der Waals surface area contributed by atoms with E-state index < -0.39 is 11.9 Å². The van der Waals surface area contributed by atoms with Gasteiger partial charge in [-0.3, -0.25) is 0 Å². The number of aromatic hydroxyl groups is 1. The van der Waals surface area contributed by atoms with Gasteiger partial charge in [-0.15, -0.1) is 0 Å². The molecule has 0 amide bonds. The predicted octanol–water partition coefficient (Wildman–Crippen LogP) is 3.04. The van der Waals surface area contributed by atoms with Gasteiger partial charge in [-0.1, -0.05) is 0 Å². The lowest BCUT2D eigenvalue weighted by Gasteiger charge is -2.32. The van der Waals surface area contributed by atoms with Crippen LogP contribution in [-0.2, 0) is 0 Å². The van der Waals surface area contributed by atoms with Crippen molar-refractivity contribution in [2.24, 2.45) is 0 Å². The van der Waals surface area contributed by atoms with Crippen molar-refractivity contribution in [1.29, 1.82) is 0 Å².